The van der Waals surface area contributed by atoms with Crippen molar-refractivity contribution in [3.8, 4) is 22.5 Å². The molecule has 0 aliphatic rings. The van der Waals surface area contributed by atoms with Crippen LogP contribution in [0.3, 0.4) is 0 Å². The number of rotatable bonds is 7. The standard InChI is InChI=1S/C28H33N7O/c1-6-35(18-28(3,4)5)25-16-13-20(22-9-7-8-10-23(22)26-31-33-34-32-26)17-24(25)30-27(36)29-21-14-11-19(2)12-15-21/h7-17H,6,18H2,1-5H3,(H2,29,30,36)(H,31,32,33,34). The maximum Gasteiger partial charge on any atom is 0.323 e. The minimum atomic E-state index is -0.295. The van der Waals surface area contributed by atoms with E-state index in [1.165, 1.54) is 0 Å². The molecule has 0 aliphatic carbocycles. The van der Waals surface area contributed by atoms with Crippen LogP contribution in [-0.2, 0) is 0 Å². The Kier molecular flexibility index (Phi) is 7.33. The number of H-pyrrole nitrogens is 1. The van der Waals surface area contributed by atoms with Crippen molar-refractivity contribution >= 4 is 23.1 Å². The summed E-state index contributed by atoms with van der Waals surface area (Å²) < 4.78 is 0. The van der Waals surface area contributed by atoms with Gasteiger partial charge in [0.1, 0.15) is 0 Å². The predicted molar refractivity (Wildman–Crippen MR) is 146 cm³/mol. The van der Waals surface area contributed by atoms with Gasteiger partial charge >= 0.3 is 6.03 Å². The molecule has 8 nitrogen and oxygen atoms in total. The summed E-state index contributed by atoms with van der Waals surface area (Å²) in [5, 5.41) is 20.4. The van der Waals surface area contributed by atoms with Crippen molar-refractivity contribution in [3.05, 3.63) is 72.3 Å². The number of aromatic amines is 1. The molecule has 2 amide bonds. The third-order valence-electron chi connectivity index (χ3n) is 5.78. The number of carbonyl (C=O) groups is 1. The highest BCUT2D eigenvalue weighted by atomic mass is 16.2. The van der Waals surface area contributed by atoms with E-state index in [9.17, 15) is 4.79 Å². The molecule has 4 aromatic rings. The molecule has 4 rings (SSSR count). The first-order valence-electron chi connectivity index (χ1n) is 12.1. The number of aromatic nitrogens is 4. The quantitative estimate of drug-likeness (QED) is 0.284. The van der Waals surface area contributed by atoms with Crippen LogP contribution in [0.4, 0.5) is 21.9 Å². The third kappa shape index (κ3) is 6.07. The average Bonchev–Trinajstić information content (AvgIpc) is 3.38. The maximum atomic E-state index is 13.0. The Labute approximate surface area is 212 Å². The summed E-state index contributed by atoms with van der Waals surface area (Å²) in [6, 6.07) is 21.5. The molecule has 0 unspecified atom stereocenters. The Morgan fingerprint density at radius 1 is 0.972 bits per heavy atom. The lowest BCUT2D eigenvalue weighted by atomic mass is 9.95. The number of nitrogens with one attached hydrogen (secondary N) is 3. The van der Waals surface area contributed by atoms with Gasteiger partial charge in [0.2, 0.25) is 0 Å². The van der Waals surface area contributed by atoms with Gasteiger partial charge in [-0.25, -0.2) is 9.89 Å². The van der Waals surface area contributed by atoms with Crippen molar-refractivity contribution < 1.29 is 4.79 Å². The Hall–Kier alpha value is -4.20. The molecule has 0 saturated heterocycles. The molecule has 3 aromatic carbocycles. The van der Waals surface area contributed by atoms with Crippen LogP contribution in [0.2, 0.25) is 0 Å². The third-order valence-corrected chi connectivity index (χ3v) is 5.78. The molecule has 1 heterocycles. The van der Waals surface area contributed by atoms with E-state index in [-0.39, 0.29) is 11.4 Å². The fourth-order valence-electron chi connectivity index (χ4n) is 4.16. The van der Waals surface area contributed by atoms with Gasteiger partial charge in [-0.2, -0.15) is 0 Å². The van der Waals surface area contributed by atoms with Gasteiger partial charge in [0.25, 0.3) is 0 Å². The Morgan fingerprint density at radius 3 is 2.33 bits per heavy atom. The Morgan fingerprint density at radius 2 is 1.69 bits per heavy atom. The van der Waals surface area contributed by atoms with E-state index in [4.69, 9.17) is 0 Å². The summed E-state index contributed by atoms with van der Waals surface area (Å²) in [4.78, 5) is 15.3. The van der Waals surface area contributed by atoms with Gasteiger partial charge in [-0.3, -0.25) is 0 Å². The number of tetrazole rings is 1. The molecule has 0 atom stereocenters. The van der Waals surface area contributed by atoms with Gasteiger partial charge in [0.15, 0.2) is 5.82 Å². The van der Waals surface area contributed by atoms with Gasteiger partial charge in [-0.1, -0.05) is 68.8 Å². The number of benzene rings is 3. The first-order chi connectivity index (χ1) is 17.2. The molecule has 1 aromatic heterocycles. The largest absolute Gasteiger partial charge is 0.370 e. The zero-order chi connectivity index (χ0) is 25.7. The van der Waals surface area contributed by atoms with Gasteiger partial charge in [-0.05, 0) is 65.1 Å². The summed E-state index contributed by atoms with van der Waals surface area (Å²) in [7, 11) is 0. The molecule has 0 radical (unpaired) electrons. The van der Waals surface area contributed by atoms with E-state index < -0.39 is 0 Å². The maximum absolute atomic E-state index is 13.0. The normalized spacial score (nSPS) is 11.2. The molecule has 0 spiro atoms. The number of aryl methyl sites for hydroxylation is 1. The predicted octanol–water partition coefficient (Wildman–Crippen LogP) is 6.36. The van der Waals surface area contributed by atoms with Gasteiger partial charge in [0, 0.05) is 24.3 Å². The fraction of sp³-hybridized carbons (Fsp3) is 0.286. The number of anilines is 3. The van der Waals surface area contributed by atoms with Crippen molar-refractivity contribution in [2.75, 3.05) is 28.6 Å². The molecular formula is C28H33N7O. The molecule has 8 heteroatoms. The van der Waals surface area contributed by atoms with Crippen molar-refractivity contribution in [2.45, 2.75) is 34.6 Å². The number of nitrogens with zero attached hydrogens (tertiary/aromatic N) is 4. The molecule has 36 heavy (non-hydrogen) atoms. The zero-order valence-corrected chi connectivity index (χ0v) is 21.5. The highest BCUT2D eigenvalue weighted by Crippen LogP contribution is 2.36. The number of carbonyl (C=O) groups excluding carboxylic acids is 1. The van der Waals surface area contributed by atoms with E-state index in [1.54, 1.807) is 0 Å². The summed E-state index contributed by atoms with van der Waals surface area (Å²) in [6.07, 6.45) is 0. The second-order valence-corrected chi connectivity index (χ2v) is 10.0. The first kappa shape index (κ1) is 24.9. The molecule has 0 bridgehead atoms. The first-order valence-corrected chi connectivity index (χ1v) is 12.1. The number of amides is 2. The van der Waals surface area contributed by atoms with Gasteiger partial charge in [0.05, 0.1) is 11.4 Å². The summed E-state index contributed by atoms with van der Waals surface area (Å²) in [5.74, 6) is 0.587. The highest BCUT2D eigenvalue weighted by molar-refractivity contribution is 6.02. The lowest BCUT2D eigenvalue weighted by molar-refractivity contribution is 0.262. The molecule has 0 fully saturated rings. The Balaban J connectivity index is 1.73. The summed E-state index contributed by atoms with van der Waals surface area (Å²) in [6.45, 7) is 12.4. The number of hydrogen-bond donors (Lipinski definition) is 3. The molecule has 0 saturated carbocycles. The van der Waals surface area contributed by atoms with Crippen LogP contribution in [-0.4, -0.2) is 39.7 Å². The summed E-state index contributed by atoms with van der Waals surface area (Å²) >= 11 is 0. The highest BCUT2D eigenvalue weighted by Gasteiger charge is 2.20. The van der Waals surface area contributed by atoms with Crippen LogP contribution in [0.15, 0.2) is 66.7 Å². The van der Waals surface area contributed by atoms with E-state index >= 15 is 0 Å². The minimum absolute atomic E-state index is 0.0853. The van der Waals surface area contributed by atoms with E-state index in [1.807, 2.05) is 61.5 Å². The molecule has 0 aliphatic heterocycles. The van der Waals surface area contributed by atoms with Crippen LogP contribution in [0.5, 0.6) is 0 Å². The smallest absolute Gasteiger partial charge is 0.323 e. The Bertz CT molecular complexity index is 1310. The number of urea groups is 1. The molecule has 186 valence electrons. The molecule has 3 N–H and O–H groups in total. The van der Waals surface area contributed by atoms with Crippen LogP contribution < -0.4 is 15.5 Å². The lowest BCUT2D eigenvalue weighted by Crippen LogP contribution is -2.33. The van der Waals surface area contributed by atoms with Crippen molar-refractivity contribution in [3.63, 3.8) is 0 Å². The lowest BCUT2D eigenvalue weighted by Gasteiger charge is -2.32. The topological polar surface area (TPSA) is 98.8 Å². The van der Waals surface area contributed by atoms with Crippen LogP contribution >= 0.6 is 0 Å². The second kappa shape index (κ2) is 10.6. The van der Waals surface area contributed by atoms with E-state index in [0.717, 1.165) is 52.4 Å². The van der Waals surface area contributed by atoms with Crippen molar-refractivity contribution in [2.24, 2.45) is 5.41 Å². The summed E-state index contributed by atoms with van der Waals surface area (Å²) in [5.41, 5.74) is 6.45. The SMILES string of the molecule is CCN(CC(C)(C)C)c1ccc(-c2ccccc2-c2nnn[nH]2)cc1NC(=O)Nc1ccc(C)cc1. The monoisotopic (exact) mass is 483 g/mol. The van der Waals surface area contributed by atoms with E-state index in [2.05, 4.69) is 76.0 Å². The van der Waals surface area contributed by atoms with Crippen molar-refractivity contribution in [1.82, 2.24) is 20.6 Å². The van der Waals surface area contributed by atoms with Crippen LogP contribution in [0, 0.1) is 12.3 Å². The van der Waals surface area contributed by atoms with Crippen LogP contribution in [0.25, 0.3) is 22.5 Å². The zero-order valence-electron chi connectivity index (χ0n) is 21.5. The van der Waals surface area contributed by atoms with Gasteiger partial charge in [-0.15, -0.1) is 5.10 Å². The minimum Gasteiger partial charge on any atom is -0.370 e. The molecular weight excluding hydrogens is 450 g/mol. The fourth-order valence-corrected chi connectivity index (χ4v) is 4.16. The van der Waals surface area contributed by atoms with Gasteiger partial charge < -0.3 is 15.5 Å². The number of hydrogen-bond acceptors (Lipinski definition) is 5. The van der Waals surface area contributed by atoms with Crippen molar-refractivity contribution in [1.29, 1.82) is 0 Å². The second-order valence-electron chi connectivity index (χ2n) is 10.0. The van der Waals surface area contributed by atoms with E-state index in [0.29, 0.717) is 5.82 Å². The average molecular weight is 484 g/mol. The van der Waals surface area contributed by atoms with Crippen LogP contribution in [0.1, 0.15) is 33.3 Å².